The third kappa shape index (κ3) is 3.02. The average molecular weight is 328 g/mol. The van der Waals surface area contributed by atoms with Crippen molar-refractivity contribution < 1.29 is 4.79 Å². The number of aromatic nitrogens is 2. The summed E-state index contributed by atoms with van der Waals surface area (Å²) >= 11 is 6.07. The first-order valence-corrected chi connectivity index (χ1v) is 7.26. The molecule has 116 valence electrons. The molecule has 0 atom stereocenters. The Bertz CT molecular complexity index is 856. The third-order valence-corrected chi connectivity index (χ3v) is 3.82. The van der Waals surface area contributed by atoms with Gasteiger partial charge < -0.3 is 10.7 Å². The second-order valence-corrected chi connectivity index (χ2v) is 5.42. The number of fused-ring (bicyclic) bond motifs is 1. The molecule has 0 aliphatic carbocycles. The first-order valence-electron chi connectivity index (χ1n) is 6.88. The number of aromatic amines is 1. The molecule has 2 heterocycles. The molecule has 0 radical (unpaired) electrons. The number of pyridine rings is 1. The topological polar surface area (TPSA) is 98.9 Å². The third-order valence-electron chi connectivity index (χ3n) is 3.48. The fourth-order valence-corrected chi connectivity index (χ4v) is 2.48. The quantitative estimate of drug-likeness (QED) is 0.509. The van der Waals surface area contributed by atoms with Crippen LogP contribution in [0, 0.1) is 5.41 Å². The van der Waals surface area contributed by atoms with Gasteiger partial charge in [-0.25, -0.2) is 0 Å². The van der Waals surface area contributed by atoms with Gasteiger partial charge in [0, 0.05) is 23.3 Å². The Labute approximate surface area is 137 Å². The molecule has 2 aromatic heterocycles. The second-order valence-electron chi connectivity index (χ2n) is 5.01. The van der Waals surface area contributed by atoms with Crippen LogP contribution in [0.15, 0.2) is 48.8 Å². The Morgan fingerprint density at radius 3 is 2.83 bits per heavy atom. The lowest BCUT2D eigenvalue weighted by molar-refractivity contribution is 0.0833. The summed E-state index contributed by atoms with van der Waals surface area (Å²) in [5.41, 5.74) is 7.47. The molecule has 23 heavy (non-hydrogen) atoms. The van der Waals surface area contributed by atoms with Crippen LogP contribution < -0.4 is 5.73 Å². The smallest absolute Gasteiger partial charge is 0.277 e. The first kappa shape index (κ1) is 15.1. The van der Waals surface area contributed by atoms with Crippen molar-refractivity contribution in [1.82, 2.24) is 14.9 Å². The standard InChI is InChI=1S/C16H14ClN5O/c17-12-8-20-6-5-11(12)9-22(16(18)19)15(23)14-7-10-3-1-2-4-13(10)21-14/h1-8,21H,9H2,(H3,18,19). The summed E-state index contributed by atoms with van der Waals surface area (Å²) in [5.74, 6) is -0.733. The van der Waals surface area contributed by atoms with Crippen LogP contribution in [0.3, 0.4) is 0 Å². The van der Waals surface area contributed by atoms with E-state index in [2.05, 4.69) is 9.97 Å². The minimum atomic E-state index is -0.387. The molecule has 0 unspecified atom stereocenters. The van der Waals surface area contributed by atoms with Gasteiger partial charge in [0.05, 0.1) is 11.6 Å². The average Bonchev–Trinajstić information content (AvgIpc) is 2.97. The highest BCUT2D eigenvalue weighted by Gasteiger charge is 2.21. The van der Waals surface area contributed by atoms with Crippen LogP contribution >= 0.6 is 11.6 Å². The Kier molecular flexibility index (Phi) is 3.99. The highest BCUT2D eigenvalue weighted by Crippen LogP contribution is 2.19. The molecule has 6 nitrogen and oxygen atoms in total. The predicted octanol–water partition coefficient (Wildman–Crippen LogP) is 2.75. The van der Waals surface area contributed by atoms with Crippen molar-refractivity contribution in [1.29, 1.82) is 5.41 Å². The van der Waals surface area contributed by atoms with Gasteiger partial charge in [0.25, 0.3) is 5.91 Å². The largest absolute Gasteiger partial charge is 0.370 e. The van der Waals surface area contributed by atoms with Crippen LogP contribution in [0.25, 0.3) is 10.9 Å². The Morgan fingerprint density at radius 1 is 1.35 bits per heavy atom. The zero-order valence-corrected chi connectivity index (χ0v) is 12.8. The molecule has 0 aliphatic rings. The van der Waals surface area contributed by atoms with Crippen LogP contribution in [0.5, 0.6) is 0 Å². The number of guanidine groups is 1. The van der Waals surface area contributed by atoms with Crippen LogP contribution in [0.1, 0.15) is 16.1 Å². The predicted molar refractivity (Wildman–Crippen MR) is 89.3 cm³/mol. The second kappa shape index (κ2) is 6.10. The van der Waals surface area contributed by atoms with Gasteiger partial charge >= 0.3 is 0 Å². The van der Waals surface area contributed by atoms with Gasteiger partial charge in [-0.15, -0.1) is 0 Å². The van der Waals surface area contributed by atoms with Crippen LogP contribution in [-0.4, -0.2) is 26.7 Å². The van der Waals surface area contributed by atoms with Crippen molar-refractivity contribution in [2.75, 3.05) is 0 Å². The maximum absolute atomic E-state index is 12.7. The molecular weight excluding hydrogens is 314 g/mol. The maximum Gasteiger partial charge on any atom is 0.277 e. The van der Waals surface area contributed by atoms with Gasteiger partial charge in [-0.2, -0.15) is 0 Å². The molecule has 0 saturated carbocycles. The lowest BCUT2D eigenvalue weighted by Gasteiger charge is -2.20. The van der Waals surface area contributed by atoms with Gasteiger partial charge in [-0.3, -0.25) is 20.1 Å². The van der Waals surface area contributed by atoms with Crippen molar-refractivity contribution in [3.8, 4) is 0 Å². The van der Waals surface area contributed by atoms with Crippen molar-refractivity contribution >= 4 is 34.4 Å². The number of nitrogens with two attached hydrogens (primary N) is 1. The number of hydrogen-bond donors (Lipinski definition) is 3. The number of benzene rings is 1. The van der Waals surface area contributed by atoms with E-state index in [-0.39, 0.29) is 18.4 Å². The lowest BCUT2D eigenvalue weighted by atomic mass is 10.2. The molecule has 1 aromatic carbocycles. The number of carbonyl (C=O) groups is 1. The minimum absolute atomic E-state index is 0.102. The Morgan fingerprint density at radius 2 is 2.13 bits per heavy atom. The summed E-state index contributed by atoms with van der Waals surface area (Å²) < 4.78 is 0. The monoisotopic (exact) mass is 327 g/mol. The first-order chi connectivity index (χ1) is 11.1. The van der Waals surface area contributed by atoms with E-state index in [0.29, 0.717) is 16.3 Å². The maximum atomic E-state index is 12.7. The number of carbonyl (C=O) groups excluding carboxylic acids is 1. The van der Waals surface area contributed by atoms with Crippen molar-refractivity contribution in [2.24, 2.45) is 5.73 Å². The summed E-state index contributed by atoms with van der Waals surface area (Å²) in [6.45, 7) is 0.102. The number of nitrogens with one attached hydrogen (secondary N) is 2. The van der Waals surface area contributed by atoms with Crippen molar-refractivity contribution in [3.05, 3.63) is 65.1 Å². The highest BCUT2D eigenvalue weighted by molar-refractivity contribution is 6.31. The Hall–Kier alpha value is -2.86. The number of amides is 1. The summed E-state index contributed by atoms with van der Waals surface area (Å²) in [5, 5.41) is 9.03. The summed E-state index contributed by atoms with van der Waals surface area (Å²) in [7, 11) is 0. The zero-order valence-electron chi connectivity index (χ0n) is 12.1. The summed E-state index contributed by atoms with van der Waals surface area (Å²) in [4.78, 5) is 20.8. The number of rotatable bonds is 3. The van der Waals surface area contributed by atoms with Gasteiger partial charge in [0.2, 0.25) is 0 Å². The molecule has 0 bridgehead atoms. The molecule has 4 N–H and O–H groups in total. The number of nitrogens with zero attached hydrogens (tertiary/aromatic N) is 2. The van der Waals surface area contributed by atoms with Gasteiger partial charge in [0.15, 0.2) is 5.96 Å². The number of halogens is 1. The molecular formula is C16H14ClN5O. The van der Waals surface area contributed by atoms with E-state index in [1.807, 2.05) is 24.3 Å². The normalized spacial score (nSPS) is 10.7. The van der Waals surface area contributed by atoms with Gasteiger partial charge in [0.1, 0.15) is 5.69 Å². The van der Waals surface area contributed by atoms with Gasteiger partial charge in [-0.1, -0.05) is 29.8 Å². The molecule has 7 heteroatoms. The van der Waals surface area contributed by atoms with E-state index in [0.717, 1.165) is 15.8 Å². The fourth-order valence-electron chi connectivity index (χ4n) is 2.30. The fraction of sp³-hybridized carbons (Fsp3) is 0.0625. The number of para-hydroxylation sites is 1. The number of H-pyrrole nitrogens is 1. The van der Waals surface area contributed by atoms with E-state index in [1.165, 1.54) is 6.20 Å². The summed E-state index contributed by atoms with van der Waals surface area (Å²) in [6.07, 6.45) is 3.07. The van der Waals surface area contributed by atoms with Crippen molar-refractivity contribution in [2.45, 2.75) is 6.54 Å². The Balaban J connectivity index is 1.93. The molecule has 0 fully saturated rings. The van der Waals surface area contributed by atoms with E-state index < -0.39 is 0 Å². The number of hydrogen-bond acceptors (Lipinski definition) is 3. The molecule has 3 rings (SSSR count). The molecule has 3 aromatic rings. The zero-order chi connectivity index (χ0) is 16.4. The van der Waals surface area contributed by atoms with Crippen molar-refractivity contribution in [3.63, 3.8) is 0 Å². The lowest BCUT2D eigenvalue weighted by Crippen LogP contribution is -2.41. The van der Waals surface area contributed by atoms with Crippen LogP contribution in [0.2, 0.25) is 5.02 Å². The SMILES string of the molecule is N=C(N)N(Cc1ccncc1Cl)C(=O)c1cc2ccccc2[nH]1. The highest BCUT2D eigenvalue weighted by atomic mass is 35.5. The van der Waals surface area contributed by atoms with E-state index >= 15 is 0 Å². The molecule has 1 amide bonds. The van der Waals surface area contributed by atoms with Crippen LogP contribution in [0.4, 0.5) is 0 Å². The summed E-state index contributed by atoms with van der Waals surface area (Å²) in [6, 6.07) is 11.0. The molecule has 0 aliphatic heterocycles. The molecule has 0 saturated heterocycles. The van der Waals surface area contributed by atoms with Gasteiger partial charge in [-0.05, 0) is 23.8 Å². The molecule has 0 spiro atoms. The van der Waals surface area contributed by atoms with Crippen LogP contribution in [-0.2, 0) is 6.54 Å². The van der Waals surface area contributed by atoms with E-state index in [9.17, 15) is 4.79 Å². The van der Waals surface area contributed by atoms with E-state index in [4.69, 9.17) is 22.7 Å². The minimum Gasteiger partial charge on any atom is -0.370 e. The van der Waals surface area contributed by atoms with E-state index in [1.54, 1.807) is 18.3 Å².